The fourth-order valence-electron chi connectivity index (χ4n) is 2.55. The van der Waals surface area contributed by atoms with Crippen LogP contribution in [-0.4, -0.2) is 16.3 Å². The van der Waals surface area contributed by atoms with Crippen LogP contribution in [0.2, 0.25) is 0 Å². The zero-order valence-electron chi connectivity index (χ0n) is 13.7. The van der Waals surface area contributed by atoms with Crippen LogP contribution < -0.4 is 0 Å². The Kier molecular flexibility index (Phi) is 14.5. The van der Waals surface area contributed by atoms with E-state index in [4.69, 9.17) is 0 Å². The summed E-state index contributed by atoms with van der Waals surface area (Å²) in [6.45, 7) is 4.01. The molecule has 2 nitrogen and oxygen atoms in total. The second kappa shape index (κ2) is 14.9. The number of aliphatic hydroxyl groups excluding tert-OH is 2. The number of hydrogen-bond acceptors (Lipinski definition) is 2. The molecule has 0 rings (SSSR count). The van der Waals surface area contributed by atoms with Crippen molar-refractivity contribution in [2.45, 2.75) is 103 Å². The Morgan fingerprint density at radius 3 is 1.85 bits per heavy atom. The molecule has 0 heterocycles. The smallest absolute Gasteiger partial charge is 0.0880 e. The summed E-state index contributed by atoms with van der Waals surface area (Å²) < 4.78 is 0. The second-order valence-corrected chi connectivity index (χ2v) is 5.94. The Morgan fingerprint density at radius 1 is 0.850 bits per heavy atom. The van der Waals surface area contributed by atoms with Crippen molar-refractivity contribution in [2.24, 2.45) is 0 Å². The maximum Gasteiger partial charge on any atom is 0.0880 e. The van der Waals surface area contributed by atoms with Gasteiger partial charge in [-0.15, -0.1) is 0 Å². The van der Waals surface area contributed by atoms with E-state index in [0.29, 0.717) is 5.76 Å². The SMILES string of the molecule is CC=C(O)CCCCCCCCCCCC(O)CCC. The van der Waals surface area contributed by atoms with E-state index in [2.05, 4.69) is 6.92 Å². The van der Waals surface area contributed by atoms with Gasteiger partial charge in [-0.25, -0.2) is 0 Å². The van der Waals surface area contributed by atoms with E-state index in [1.54, 1.807) is 6.08 Å². The van der Waals surface area contributed by atoms with Gasteiger partial charge >= 0.3 is 0 Å². The average Bonchev–Trinajstić information content (AvgIpc) is 2.44. The number of unbranched alkanes of at least 4 members (excludes halogenated alkanes) is 8. The minimum Gasteiger partial charge on any atom is -0.513 e. The number of aliphatic hydroxyl groups is 2. The van der Waals surface area contributed by atoms with Crippen molar-refractivity contribution < 1.29 is 10.2 Å². The molecule has 20 heavy (non-hydrogen) atoms. The van der Waals surface area contributed by atoms with Crippen LogP contribution in [-0.2, 0) is 0 Å². The third kappa shape index (κ3) is 13.9. The van der Waals surface area contributed by atoms with Crippen LogP contribution in [0.25, 0.3) is 0 Å². The molecule has 0 aromatic heterocycles. The minimum absolute atomic E-state index is 0.0615. The summed E-state index contributed by atoms with van der Waals surface area (Å²) in [6.07, 6.45) is 17.0. The van der Waals surface area contributed by atoms with Crippen LogP contribution in [0.15, 0.2) is 11.8 Å². The molecule has 0 aliphatic heterocycles. The van der Waals surface area contributed by atoms with Crippen LogP contribution in [0.4, 0.5) is 0 Å². The lowest BCUT2D eigenvalue weighted by Gasteiger charge is -2.08. The first kappa shape index (κ1) is 19.5. The van der Waals surface area contributed by atoms with Crippen molar-refractivity contribution in [1.29, 1.82) is 0 Å². The Morgan fingerprint density at radius 2 is 1.35 bits per heavy atom. The molecule has 1 atom stereocenters. The van der Waals surface area contributed by atoms with Gasteiger partial charge in [0, 0.05) is 6.42 Å². The van der Waals surface area contributed by atoms with Gasteiger partial charge in [-0.1, -0.05) is 64.7 Å². The molecular formula is C18H36O2. The highest BCUT2D eigenvalue weighted by Crippen LogP contribution is 2.14. The molecule has 0 spiro atoms. The van der Waals surface area contributed by atoms with Crippen molar-refractivity contribution in [3.63, 3.8) is 0 Å². The topological polar surface area (TPSA) is 40.5 Å². The van der Waals surface area contributed by atoms with Crippen LogP contribution in [0.5, 0.6) is 0 Å². The normalized spacial score (nSPS) is 13.7. The van der Waals surface area contributed by atoms with Crippen LogP contribution in [0.3, 0.4) is 0 Å². The highest BCUT2D eigenvalue weighted by atomic mass is 16.3. The first-order chi connectivity index (χ1) is 9.70. The van der Waals surface area contributed by atoms with Crippen LogP contribution in [0.1, 0.15) is 97.3 Å². The maximum absolute atomic E-state index is 9.61. The Bertz CT molecular complexity index is 223. The number of rotatable bonds is 14. The monoisotopic (exact) mass is 284 g/mol. The third-order valence-electron chi connectivity index (χ3n) is 3.93. The number of hydrogen-bond donors (Lipinski definition) is 2. The molecule has 0 aromatic carbocycles. The molecule has 0 fully saturated rings. The van der Waals surface area contributed by atoms with E-state index in [9.17, 15) is 10.2 Å². The van der Waals surface area contributed by atoms with Gasteiger partial charge in [-0.2, -0.15) is 0 Å². The van der Waals surface area contributed by atoms with Crippen molar-refractivity contribution in [2.75, 3.05) is 0 Å². The first-order valence-electron chi connectivity index (χ1n) is 8.72. The van der Waals surface area contributed by atoms with Crippen molar-refractivity contribution >= 4 is 0 Å². The largest absolute Gasteiger partial charge is 0.513 e. The van der Waals surface area contributed by atoms with Gasteiger partial charge in [0.15, 0.2) is 0 Å². The van der Waals surface area contributed by atoms with Gasteiger partial charge in [-0.05, 0) is 32.3 Å². The summed E-state index contributed by atoms with van der Waals surface area (Å²) in [7, 11) is 0. The highest BCUT2D eigenvalue weighted by molar-refractivity contribution is 4.86. The molecule has 0 aliphatic carbocycles. The van der Waals surface area contributed by atoms with E-state index in [0.717, 1.165) is 32.1 Å². The van der Waals surface area contributed by atoms with Crippen LogP contribution in [0, 0.1) is 0 Å². The minimum atomic E-state index is -0.0615. The predicted molar refractivity (Wildman–Crippen MR) is 88.1 cm³/mol. The first-order valence-corrected chi connectivity index (χ1v) is 8.72. The molecule has 0 aromatic rings. The quantitative estimate of drug-likeness (QED) is 0.308. The summed E-state index contributed by atoms with van der Waals surface area (Å²) in [6, 6.07) is 0. The summed E-state index contributed by atoms with van der Waals surface area (Å²) in [5.74, 6) is 0.537. The molecule has 0 radical (unpaired) electrons. The van der Waals surface area contributed by atoms with Crippen molar-refractivity contribution in [3.8, 4) is 0 Å². The molecule has 0 bridgehead atoms. The van der Waals surface area contributed by atoms with Gasteiger partial charge in [0.1, 0.15) is 0 Å². The van der Waals surface area contributed by atoms with E-state index in [1.807, 2.05) is 6.92 Å². The lowest BCUT2D eigenvalue weighted by atomic mass is 10.0. The lowest BCUT2D eigenvalue weighted by molar-refractivity contribution is 0.150. The van der Waals surface area contributed by atoms with Gasteiger partial charge < -0.3 is 10.2 Å². The molecule has 2 heteroatoms. The molecule has 0 saturated heterocycles. The Balaban J connectivity index is 3.10. The van der Waals surface area contributed by atoms with E-state index < -0.39 is 0 Å². The Labute approximate surface area is 126 Å². The third-order valence-corrected chi connectivity index (χ3v) is 3.93. The fraction of sp³-hybridized carbons (Fsp3) is 0.889. The van der Waals surface area contributed by atoms with Gasteiger partial charge in [-0.3, -0.25) is 0 Å². The van der Waals surface area contributed by atoms with Gasteiger partial charge in [0.25, 0.3) is 0 Å². The highest BCUT2D eigenvalue weighted by Gasteiger charge is 2.01. The van der Waals surface area contributed by atoms with Crippen molar-refractivity contribution in [3.05, 3.63) is 11.8 Å². The molecule has 0 amide bonds. The molecule has 2 N–H and O–H groups in total. The fourth-order valence-corrected chi connectivity index (χ4v) is 2.55. The molecule has 120 valence electrons. The second-order valence-electron chi connectivity index (χ2n) is 5.94. The molecule has 0 saturated carbocycles. The summed E-state index contributed by atoms with van der Waals surface area (Å²) in [4.78, 5) is 0. The number of allylic oxidation sites excluding steroid dienone is 2. The van der Waals surface area contributed by atoms with Gasteiger partial charge in [0.2, 0.25) is 0 Å². The lowest BCUT2D eigenvalue weighted by Crippen LogP contribution is -2.04. The predicted octanol–water partition coefficient (Wildman–Crippen LogP) is 5.90. The summed E-state index contributed by atoms with van der Waals surface area (Å²) >= 11 is 0. The molecular weight excluding hydrogens is 248 g/mol. The zero-order chi connectivity index (χ0) is 15.1. The Hall–Kier alpha value is -0.500. The zero-order valence-corrected chi connectivity index (χ0v) is 13.7. The molecule has 0 aliphatic rings. The average molecular weight is 284 g/mol. The van der Waals surface area contributed by atoms with E-state index in [1.165, 1.54) is 51.4 Å². The summed E-state index contributed by atoms with van der Waals surface area (Å²) in [5.41, 5.74) is 0. The summed E-state index contributed by atoms with van der Waals surface area (Å²) in [5, 5.41) is 18.9. The van der Waals surface area contributed by atoms with Gasteiger partial charge in [0.05, 0.1) is 11.9 Å². The molecule has 1 unspecified atom stereocenters. The standard InChI is InChI=1S/C18H36O2/c1-3-14-18(20)16-13-11-9-7-5-6-8-10-12-15-17(19)4-2/h4,18-20H,3,5-16H2,1-2H3. The van der Waals surface area contributed by atoms with E-state index in [-0.39, 0.29) is 6.10 Å². The van der Waals surface area contributed by atoms with Crippen LogP contribution >= 0.6 is 0 Å². The van der Waals surface area contributed by atoms with Crippen molar-refractivity contribution in [1.82, 2.24) is 0 Å². The maximum atomic E-state index is 9.61. The van der Waals surface area contributed by atoms with E-state index >= 15 is 0 Å².